The van der Waals surface area contributed by atoms with Crippen molar-refractivity contribution < 1.29 is 23.8 Å². The standard InChI is InChI=1S/C23H20Cl2O5/c24-17-7-6-16(20(25)13-17)14-28-18-8-4-15(5-9-18)12-19-21(26)29-23(30-22(19)27)10-2-1-3-11-23/h4-9,12-13H,1-3,10-11,14H2. The molecule has 1 saturated carbocycles. The molecule has 0 bridgehead atoms. The van der Waals surface area contributed by atoms with Gasteiger partial charge in [-0.2, -0.15) is 0 Å². The predicted octanol–water partition coefficient (Wildman–Crippen LogP) is 5.72. The molecule has 156 valence electrons. The lowest BCUT2D eigenvalue weighted by Crippen LogP contribution is -2.47. The highest BCUT2D eigenvalue weighted by atomic mass is 35.5. The van der Waals surface area contributed by atoms with Crippen LogP contribution in [0.25, 0.3) is 6.08 Å². The van der Waals surface area contributed by atoms with Crippen LogP contribution < -0.4 is 4.74 Å². The van der Waals surface area contributed by atoms with Gasteiger partial charge in [0.15, 0.2) is 0 Å². The molecule has 2 aromatic rings. The van der Waals surface area contributed by atoms with Gasteiger partial charge >= 0.3 is 11.9 Å². The molecule has 0 atom stereocenters. The number of halogens is 2. The topological polar surface area (TPSA) is 61.8 Å². The third kappa shape index (κ3) is 4.63. The molecule has 0 aromatic heterocycles. The molecule has 1 spiro atoms. The van der Waals surface area contributed by atoms with Gasteiger partial charge in [0.1, 0.15) is 17.9 Å². The first kappa shape index (κ1) is 20.8. The molecule has 4 rings (SSSR count). The fourth-order valence-corrected chi connectivity index (χ4v) is 4.05. The average Bonchev–Trinajstić information content (AvgIpc) is 2.72. The van der Waals surface area contributed by atoms with Crippen LogP contribution in [0.15, 0.2) is 48.0 Å². The summed E-state index contributed by atoms with van der Waals surface area (Å²) in [5, 5.41) is 1.10. The van der Waals surface area contributed by atoms with Crippen LogP contribution in [0, 0.1) is 0 Å². The van der Waals surface area contributed by atoms with Gasteiger partial charge in [-0.1, -0.05) is 47.8 Å². The summed E-state index contributed by atoms with van der Waals surface area (Å²) in [7, 11) is 0. The van der Waals surface area contributed by atoms with Gasteiger partial charge in [-0.15, -0.1) is 0 Å². The fourth-order valence-electron chi connectivity index (χ4n) is 3.59. The number of carbonyl (C=O) groups excluding carboxylic acids is 2. The second-order valence-corrected chi connectivity index (χ2v) is 8.25. The number of esters is 2. The Kier molecular flexibility index (Phi) is 6.02. The smallest absolute Gasteiger partial charge is 0.348 e. The Balaban J connectivity index is 1.42. The van der Waals surface area contributed by atoms with Crippen LogP contribution >= 0.6 is 23.2 Å². The lowest BCUT2D eigenvalue weighted by molar-refractivity contribution is -0.244. The molecule has 2 fully saturated rings. The summed E-state index contributed by atoms with van der Waals surface area (Å²) < 4.78 is 16.8. The van der Waals surface area contributed by atoms with Crippen molar-refractivity contribution in [2.75, 3.05) is 0 Å². The zero-order chi connectivity index (χ0) is 21.1. The second kappa shape index (κ2) is 8.70. The summed E-state index contributed by atoms with van der Waals surface area (Å²) in [6.07, 6.45) is 5.39. The quantitative estimate of drug-likeness (QED) is 0.341. The maximum absolute atomic E-state index is 12.4. The Labute approximate surface area is 184 Å². The van der Waals surface area contributed by atoms with E-state index in [1.807, 2.05) is 6.07 Å². The summed E-state index contributed by atoms with van der Waals surface area (Å²) >= 11 is 12.0. The number of hydrogen-bond acceptors (Lipinski definition) is 5. The van der Waals surface area contributed by atoms with E-state index in [-0.39, 0.29) is 12.2 Å². The van der Waals surface area contributed by atoms with E-state index in [0.29, 0.717) is 34.2 Å². The second-order valence-electron chi connectivity index (χ2n) is 7.40. The monoisotopic (exact) mass is 446 g/mol. The maximum Gasteiger partial charge on any atom is 0.348 e. The molecule has 1 aliphatic heterocycles. The molecular formula is C23H20Cl2O5. The zero-order valence-electron chi connectivity index (χ0n) is 16.2. The number of rotatable bonds is 4. The molecule has 30 heavy (non-hydrogen) atoms. The van der Waals surface area contributed by atoms with E-state index in [1.165, 1.54) is 6.08 Å². The molecule has 2 aliphatic rings. The molecule has 7 heteroatoms. The van der Waals surface area contributed by atoms with E-state index in [0.717, 1.165) is 24.8 Å². The zero-order valence-corrected chi connectivity index (χ0v) is 17.7. The summed E-state index contributed by atoms with van der Waals surface area (Å²) in [5.74, 6) is -1.72. The van der Waals surface area contributed by atoms with Gasteiger partial charge in [-0.3, -0.25) is 0 Å². The Hall–Kier alpha value is -2.50. The average molecular weight is 447 g/mol. The third-order valence-corrected chi connectivity index (χ3v) is 5.80. The highest BCUT2D eigenvalue weighted by Gasteiger charge is 2.46. The van der Waals surface area contributed by atoms with E-state index in [1.54, 1.807) is 36.4 Å². The molecule has 0 N–H and O–H groups in total. The van der Waals surface area contributed by atoms with Crippen LogP contribution in [0.5, 0.6) is 5.75 Å². The Morgan fingerprint density at radius 3 is 2.23 bits per heavy atom. The number of hydrogen-bond donors (Lipinski definition) is 0. The van der Waals surface area contributed by atoms with Crippen molar-refractivity contribution in [3.05, 3.63) is 69.2 Å². The van der Waals surface area contributed by atoms with Crippen molar-refractivity contribution in [1.29, 1.82) is 0 Å². The van der Waals surface area contributed by atoms with E-state index >= 15 is 0 Å². The van der Waals surface area contributed by atoms with Crippen molar-refractivity contribution >= 4 is 41.2 Å². The normalized spacial score (nSPS) is 18.0. The summed E-state index contributed by atoms with van der Waals surface area (Å²) in [5.41, 5.74) is 1.37. The fraction of sp³-hybridized carbons (Fsp3) is 0.304. The van der Waals surface area contributed by atoms with Crippen molar-refractivity contribution in [2.24, 2.45) is 0 Å². The van der Waals surface area contributed by atoms with Crippen LogP contribution in [0.2, 0.25) is 10.0 Å². The van der Waals surface area contributed by atoms with Crippen molar-refractivity contribution in [3.8, 4) is 5.75 Å². The summed E-state index contributed by atoms with van der Waals surface area (Å²) in [6, 6.07) is 12.2. The van der Waals surface area contributed by atoms with E-state index in [2.05, 4.69) is 0 Å². The van der Waals surface area contributed by atoms with Gasteiger partial charge in [-0.25, -0.2) is 9.59 Å². The van der Waals surface area contributed by atoms with Crippen molar-refractivity contribution in [1.82, 2.24) is 0 Å². The number of ether oxygens (including phenoxy) is 3. The molecule has 0 amide bonds. The third-order valence-electron chi connectivity index (χ3n) is 5.21. The molecule has 0 radical (unpaired) electrons. The summed E-state index contributed by atoms with van der Waals surface area (Å²) in [4.78, 5) is 24.9. The molecule has 1 heterocycles. The van der Waals surface area contributed by atoms with Crippen LogP contribution in [-0.4, -0.2) is 17.7 Å². The molecule has 0 unspecified atom stereocenters. The molecule has 1 saturated heterocycles. The lowest BCUT2D eigenvalue weighted by Gasteiger charge is -2.38. The largest absolute Gasteiger partial charge is 0.489 e. The van der Waals surface area contributed by atoms with Gasteiger partial charge in [-0.05, 0) is 48.7 Å². The Morgan fingerprint density at radius 1 is 0.933 bits per heavy atom. The minimum absolute atomic E-state index is 0.104. The van der Waals surface area contributed by atoms with E-state index in [9.17, 15) is 9.59 Å². The van der Waals surface area contributed by atoms with Crippen LogP contribution in [0.3, 0.4) is 0 Å². The van der Waals surface area contributed by atoms with E-state index in [4.69, 9.17) is 37.4 Å². The predicted molar refractivity (Wildman–Crippen MR) is 113 cm³/mol. The lowest BCUT2D eigenvalue weighted by atomic mass is 9.93. The molecule has 1 aliphatic carbocycles. The first-order chi connectivity index (χ1) is 14.4. The highest BCUT2D eigenvalue weighted by molar-refractivity contribution is 6.35. The van der Waals surface area contributed by atoms with E-state index < -0.39 is 17.7 Å². The molecular weight excluding hydrogens is 427 g/mol. The minimum Gasteiger partial charge on any atom is -0.489 e. The Bertz CT molecular complexity index is 969. The molecule has 2 aromatic carbocycles. The van der Waals surface area contributed by atoms with Crippen molar-refractivity contribution in [3.63, 3.8) is 0 Å². The van der Waals surface area contributed by atoms with Gasteiger partial charge in [0.2, 0.25) is 0 Å². The first-order valence-electron chi connectivity index (χ1n) is 9.79. The summed E-state index contributed by atoms with van der Waals surface area (Å²) in [6.45, 7) is 0.289. The first-order valence-corrected chi connectivity index (χ1v) is 10.5. The van der Waals surface area contributed by atoms with Gasteiger partial charge in [0, 0.05) is 28.5 Å². The van der Waals surface area contributed by atoms with Crippen LogP contribution in [0.1, 0.15) is 43.2 Å². The SMILES string of the molecule is O=C1OC2(CCCCC2)OC(=O)C1=Cc1ccc(OCc2ccc(Cl)cc2Cl)cc1. The Morgan fingerprint density at radius 2 is 1.60 bits per heavy atom. The van der Waals surface area contributed by atoms with Crippen LogP contribution in [-0.2, 0) is 25.7 Å². The number of carbonyl (C=O) groups is 2. The van der Waals surface area contributed by atoms with Gasteiger partial charge in [0.05, 0.1) is 0 Å². The number of benzene rings is 2. The highest BCUT2D eigenvalue weighted by Crippen LogP contribution is 2.37. The molecule has 5 nitrogen and oxygen atoms in total. The van der Waals surface area contributed by atoms with Gasteiger partial charge in [0.25, 0.3) is 5.79 Å². The van der Waals surface area contributed by atoms with Crippen LogP contribution in [0.4, 0.5) is 0 Å². The minimum atomic E-state index is -1.08. The maximum atomic E-state index is 12.4. The van der Waals surface area contributed by atoms with Gasteiger partial charge < -0.3 is 14.2 Å². The van der Waals surface area contributed by atoms with Crippen molar-refractivity contribution in [2.45, 2.75) is 44.5 Å².